The molecule has 3 aromatic rings. The number of benzene rings is 2. The van der Waals surface area contributed by atoms with E-state index in [1.165, 1.54) is 41.7 Å². The maximum absolute atomic E-state index is 13.0. The Hall–Kier alpha value is -3.40. The zero-order valence-electron chi connectivity index (χ0n) is 18.3. The van der Waals surface area contributed by atoms with E-state index in [1.54, 1.807) is 11.6 Å². The SMILES string of the molecule is Cn1c(CC(=O)Nc2ccc(F)cc2)nnc1SCC(=O)N1CCN(c2ccccc2)CC1. The van der Waals surface area contributed by atoms with Gasteiger partial charge in [-0.2, -0.15) is 0 Å². The van der Waals surface area contributed by atoms with Gasteiger partial charge >= 0.3 is 0 Å². The summed E-state index contributed by atoms with van der Waals surface area (Å²) in [4.78, 5) is 29.1. The van der Waals surface area contributed by atoms with E-state index < -0.39 is 0 Å². The molecule has 2 amide bonds. The Morgan fingerprint density at radius 1 is 1.00 bits per heavy atom. The predicted octanol–water partition coefficient (Wildman–Crippen LogP) is 2.58. The minimum atomic E-state index is -0.365. The number of halogens is 1. The Morgan fingerprint density at radius 3 is 2.39 bits per heavy atom. The highest BCUT2D eigenvalue weighted by molar-refractivity contribution is 7.99. The maximum Gasteiger partial charge on any atom is 0.233 e. The summed E-state index contributed by atoms with van der Waals surface area (Å²) in [6.07, 6.45) is 0.0246. The van der Waals surface area contributed by atoms with Crippen LogP contribution in [0.25, 0.3) is 0 Å². The van der Waals surface area contributed by atoms with Gasteiger partial charge in [0.25, 0.3) is 0 Å². The first-order valence-electron chi connectivity index (χ1n) is 10.6. The Balaban J connectivity index is 1.25. The molecule has 33 heavy (non-hydrogen) atoms. The van der Waals surface area contributed by atoms with E-state index >= 15 is 0 Å². The number of amides is 2. The summed E-state index contributed by atoms with van der Waals surface area (Å²) < 4.78 is 14.7. The molecule has 1 aromatic heterocycles. The highest BCUT2D eigenvalue weighted by Gasteiger charge is 2.22. The fraction of sp³-hybridized carbons (Fsp3) is 0.304. The summed E-state index contributed by atoms with van der Waals surface area (Å²) in [5, 5.41) is 11.5. The molecular formula is C23H25FN6O2S. The second kappa shape index (κ2) is 10.5. The Labute approximate surface area is 195 Å². The lowest BCUT2D eigenvalue weighted by Gasteiger charge is -2.36. The molecule has 0 radical (unpaired) electrons. The Kier molecular flexibility index (Phi) is 7.23. The van der Waals surface area contributed by atoms with Crippen LogP contribution in [-0.2, 0) is 23.1 Å². The zero-order chi connectivity index (χ0) is 23.2. The van der Waals surface area contributed by atoms with Crippen LogP contribution in [0, 0.1) is 5.82 Å². The lowest BCUT2D eigenvalue weighted by Crippen LogP contribution is -2.49. The standard InChI is InChI=1S/C23H25FN6O2S/c1-28-20(15-21(31)25-18-9-7-17(24)8-10-18)26-27-23(28)33-16-22(32)30-13-11-29(12-14-30)19-5-3-2-4-6-19/h2-10H,11-16H2,1H3,(H,25,31). The van der Waals surface area contributed by atoms with Crippen molar-refractivity contribution in [3.63, 3.8) is 0 Å². The molecule has 0 saturated carbocycles. The average molecular weight is 469 g/mol. The number of hydrogen-bond acceptors (Lipinski definition) is 6. The van der Waals surface area contributed by atoms with Gasteiger partial charge in [-0.15, -0.1) is 10.2 Å². The van der Waals surface area contributed by atoms with E-state index in [0.717, 1.165) is 13.1 Å². The molecule has 1 aliphatic heterocycles. The molecule has 1 fully saturated rings. The minimum absolute atomic E-state index is 0.0246. The lowest BCUT2D eigenvalue weighted by molar-refractivity contribution is -0.128. The van der Waals surface area contributed by atoms with Gasteiger partial charge in [-0.1, -0.05) is 30.0 Å². The average Bonchev–Trinajstić information content (AvgIpc) is 3.18. The number of anilines is 2. The number of nitrogens with zero attached hydrogens (tertiary/aromatic N) is 5. The van der Waals surface area contributed by atoms with Gasteiger partial charge in [-0.3, -0.25) is 9.59 Å². The second-order valence-corrected chi connectivity index (χ2v) is 8.62. The topological polar surface area (TPSA) is 83.4 Å². The van der Waals surface area contributed by atoms with Gasteiger partial charge in [0.2, 0.25) is 11.8 Å². The van der Waals surface area contributed by atoms with Gasteiger partial charge in [0.1, 0.15) is 11.6 Å². The Morgan fingerprint density at radius 2 is 1.70 bits per heavy atom. The van der Waals surface area contributed by atoms with E-state index in [0.29, 0.717) is 29.8 Å². The summed E-state index contributed by atoms with van der Waals surface area (Å²) in [6.45, 7) is 2.97. The summed E-state index contributed by atoms with van der Waals surface area (Å²) >= 11 is 1.31. The molecule has 1 saturated heterocycles. The van der Waals surface area contributed by atoms with Crippen molar-refractivity contribution in [2.24, 2.45) is 7.05 Å². The lowest BCUT2D eigenvalue weighted by atomic mass is 10.2. The van der Waals surface area contributed by atoms with Gasteiger partial charge in [-0.25, -0.2) is 4.39 Å². The minimum Gasteiger partial charge on any atom is -0.368 e. The van der Waals surface area contributed by atoms with Crippen molar-refractivity contribution >= 4 is 35.0 Å². The van der Waals surface area contributed by atoms with Crippen LogP contribution in [-0.4, -0.2) is 63.4 Å². The van der Waals surface area contributed by atoms with Crippen LogP contribution in [0.5, 0.6) is 0 Å². The van der Waals surface area contributed by atoms with Gasteiger partial charge in [0.05, 0.1) is 12.2 Å². The van der Waals surface area contributed by atoms with Crippen molar-refractivity contribution in [2.75, 3.05) is 42.1 Å². The van der Waals surface area contributed by atoms with E-state index in [9.17, 15) is 14.0 Å². The summed E-state index contributed by atoms with van der Waals surface area (Å²) in [6, 6.07) is 15.8. The first kappa shape index (κ1) is 22.8. The molecule has 0 bridgehead atoms. The highest BCUT2D eigenvalue weighted by atomic mass is 32.2. The fourth-order valence-electron chi connectivity index (χ4n) is 3.58. The number of piperazine rings is 1. The van der Waals surface area contributed by atoms with Crippen LogP contribution >= 0.6 is 11.8 Å². The molecule has 1 aliphatic rings. The number of thioether (sulfide) groups is 1. The molecule has 0 unspecified atom stereocenters. The Bertz CT molecular complexity index is 1100. The molecule has 4 rings (SSSR count). The number of hydrogen-bond donors (Lipinski definition) is 1. The molecule has 0 spiro atoms. The third-order valence-electron chi connectivity index (χ3n) is 5.45. The molecule has 0 atom stereocenters. The monoisotopic (exact) mass is 468 g/mol. The van der Waals surface area contributed by atoms with Crippen molar-refractivity contribution < 1.29 is 14.0 Å². The quantitative estimate of drug-likeness (QED) is 0.537. The first-order chi connectivity index (χ1) is 16.0. The molecule has 2 aromatic carbocycles. The van der Waals surface area contributed by atoms with Crippen molar-refractivity contribution in [2.45, 2.75) is 11.6 Å². The first-order valence-corrected chi connectivity index (χ1v) is 11.6. The van der Waals surface area contributed by atoms with E-state index in [4.69, 9.17) is 0 Å². The van der Waals surface area contributed by atoms with Gasteiger partial charge in [0, 0.05) is 44.6 Å². The summed E-state index contributed by atoms with van der Waals surface area (Å²) in [7, 11) is 1.77. The summed E-state index contributed by atoms with van der Waals surface area (Å²) in [5.74, 6) is 0.169. The summed E-state index contributed by atoms with van der Waals surface area (Å²) in [5.41, 5.74) is 1.69. The molecular weight excluding hydrogens is 443 g/mol. The number of para-hydroxylation sites is 1. The van der Waals surface area contributed by atoms with Crippen molar-refractivity contribution in [1.29, 1.82) is 0 Å². The molecule has 1 N–H and O–H groups in total. The number of rotatable bonds is 7. The third-order valence-corrected chi connectivity index (χ3v) is 6.46. The molecule has 2 heterocycles. The van der Waals surface area contributed by atoms with Crippen molar-refractivity contribution in [3.8, 4) is 0 Å². The van der Waals surface area contributed by atoms with E-state index in [1.807, 2.05) is 23.1 Å². The third kappa shape index (κ3) is 5.89. The normalized spacial score (nSPS) is 13.8. The second-order valence-electron chi connectivity index (χ2n) is 7.68. The maximum atomic E-state index is 13.0. The van der Waals surface area contributed by atoms with Crippen molar-refractivity contribution in [1.82, 2.24) is 19.7 Å². The van der Waals surface area contributed by atoms with Gasteiger partial charge < -0.3 is 19.7 Å². The van der Waals surface area contributed by atoms with E-state index in [2.05, 4.69) is 32.5 Å². The molecule has 8 nitrogen and oxygen atoms in total. The largest absolute Gasteiger partial charge is 0.368 e. The smallest absolute Gasteiger partial charge is 0.233 e. The highest BCUT2D eigenvalue weighted by Crippen LogP contribution is 2.19. The van der Waals surface area contributed by atoms with Crippen molar-refractivity contribution in [3.05, 3.63) is 66.2 Å². The number of aromatic nitrogens is 3. The molecule has 10 heteroatoms. The van der Waals surface area contributed by atoms with Crippen LogP contribution in [0.1, 0.15) is 5.82 Å². The van der Waals surface area contributed by atoms with Crippen LogP contribution in [0.15, 0.2) is 59.8 Å². The van der Waals surface area contributed by atoms with Crippen LogP contribution in [0.2, 0.25) is 0 Å². The molecule has 0 aliphatic carbocycles. The van der Waals surface area contributed by atoms with Crippen LogP contribution in [0.4, 0.5) is 15.8 Å². The zero-order valence-corrected chi connectivity index (χ0v) is 19.1. The predicted molar refractivity (Wildman–Crippen MR) is 126 cm³/mol. The van der Waals surface area contributed by atoms with Gasteiger partial charge in [0.15, 0.2) is 5.16 Å². The van der Waals surface area contributed by atoms with E-state index in [-0.39, 0.29) is 29.8 Å². The number of nitrogens with one attached hydrogen (secondary N) is 1. The number of carbonyl (C=O) groups excluding carboxylic acids is 2. The number of carbonyl (C=O) groups is 2. The van der Waals surface area contributed by atoms with Crippen LogP contribution < -0.4 is 10.2 Å². The fourth-order valence-corrected chi connectivity index (χ4v) is 4.41. The van der Waals surface area contributed by atoms with Gasteiger partial charge in [-0.05, 0) is 36.4 Å². The molecule has 172 valence electrons. The van der Waals surface area contributed by atoms with Crippen LogP contribution in [0.3, 0.4) is 0 Å².